The average molecular weight is 500 g/mol. The third-order valence-electron chi connectivity index (χ3n) is 7.65. The number of benzene rings is 6. The summed E-state index contributed by atoms with van der Waals surface area (Å²) >= 11 is 0. The van der Waals surface area contributed by atoms with Crippen molar-refractivity contribution in [2.24, 2.45) is 0 Å². The summed E-state index contributed by atoms with van der Waals surface area (Å²) in [6.45, 7) is 2.68. The van der Waals surface area contributed by atoms with Crippen LogP contribution >= 0.6 is 0 Å². The van der Waals surface area contributed by atoms with E-state index in [0.717, 1.165) is 38.6 Å². The zero-order valence-electron chi connectivity index (χ0n) is 20.5. The van der Waals surface area contributed by atoms with Crippen molar-refractivity contribution in [2.45, 2.75) is 24.9 Å². The largest absolute Gasteiger partial charge is 0.243 e. The van der Waals surface area contributed by atoms with Gasteiger partial charge in [-0.1, -0.05) is 96.6 Å². The van der Waals surface area contributed by atoms with Crippen molar-refractivity contribution in [1.29, 1.82) is 0 Å². The minimum Gasteiger partial charge on any atom is -0.207 e. The van der Waals surface area contributed by atoms with Crippen LogP contribution < -0.4 is 0 Å². The lowest BCUT2D eigenvalue weighted by atomic mass is 9.87. The molecule has 0 unspecified atom stereocenters. The number of nitrogens with zero attached hydrogens (tertiary/aromatic N) is 1. The molecule has 37 heavy (non-hydrogen) atoms. The molecule has 7 rings (SSSR count). The molecule has 180 valence electrons. The molecule has 0 bridgehead atoms. The van der Waals surface area contributed by atoms with Gasteiger partial charge in [-0.2, -0.15) is 4.31 Å². The highest BCUT2D eigenvalue weighted by Gasteiger charge is 2.33. The molecule has 0 fully saturated rings. The minimum absolute atomic E-state index is 0.340. The molecule has 6 aromatic rings. The highest BCUT2D eigenvalue weighted by atomic mass is 32.2. The van der Waals surface area contributed by atoms with Gasteiger partial charge in [0.05, 0.1) is 4.90 Å². The molecule has 1 aliphatic heterocycles. The Balaban J connectivity index is 1.51. The summed E-state index contributed by atoms with van der Waals surface area (Å²) in [5.41, 5.74) is 5.48. The van der Waals surface area contributed by atoms with E-state index in [1.165, 1.54) is 21.5 Å². The Hall–Kier alpha value is -3.99. The molecule has 0 saturated heterocycles. The maximum atomic E-state index is 13.7. The first-order valence-corrected chi connectivity index (χ1v) is 14.0. The second-order valence-electron chi connectivity index (χ2n) is 9.88. The number of hydrogen-bond donors (Lipinski definition) is 0. The standard InChI is InChI=1S/C33H25NO2S/c1-22-13-16-26(17-14-22)37(35,36)34-20-25-19-31-28-11-5-3-8-24(28)15-18-30(31)33(32(25)21-34)29-12-6-9-23-7-2-4-10-27(23)29/h2-19H,20-21H2,1H3. The van der Waals surface area contributed by atoms with E-state index in [2.05, 4.69) is 84.9 Å². The van der Waals surface area contributed by atoms with Gasteiger partial charge in [0, 0.05) is 13.1 Å². The lowest BCUT2D eigenvalue weighted by Gasteiger charge is -2.17. The van der Waals surface area contributed by atoms with E-state index in [1.54, 1.807) is 16.4 Å². The fourth-order valence-electron chi connectivity index (χ4n) is 5.78. The van der Waals surface area contributed by atoms with Gasteiger partial charge >= 0.3 is 0 Å². The first-order chi connectivity index (χ1) is 18.0. The molecule has 0 spiro atoms. The first-order valence-electron chi connectivity index (χ1n) is 12.5. The predicted octanol–water partition coefficient (Wildman–Crippen LogP) is 7.83. The van der Waals surface area contributed by atoms with Gasteiger partial charge < -0.3 is 0 Å². The molecule has 0 radical (unpaired) electrons. The Kier molecular flexibility index (Phi) is 4.97. The van der Waals surface area contributed by atoms with E-state index < -0.39 is 10.0 Å². The van der Waals surface area contributed by atoms with E-state index in [9.17, 15) is 8.42 Å². The van der Waals surface area contributed by atoms with Gasteiger partial charge in [-0.15, -0.1) is 0 Å². The number of sulfonamides is 1. The van der Waals surface area contributed by atoms with Crippen LogP contribution in [0.3, 0.4) is 0 Å². The first kappa shape index (κ1) is 22.2. The normalized spacial score (nSPS) is 14.0. The van der Waals surface area contributed by atoms with Crippen LogP contribution in [0.2, 0.25) is 0 Å². The topological polar surface area (TPSA) is 37.4 Å². The van der Waals surface area contributed by atoms with Gasteiger partial charge in [0.2, 0.25) is 10.0 Å². The summed E-state index contributed by atoms with van der Waals surface area (Å²) in [6.07, 6.45) is 0. The molecule has 4 heteroatoms. The third kappa shape index (κ3) is 3.48. The quantitative estimate of drug-likeness (QED) is 0.233. The van der Waals surface area contributed by atoms with Crippen LogP contribution in [0.5, 0.6) is 0 Å². The van der Waals surface area contributed by atoms with Crippen LogP contribution in [-0.4, -0.2) is 12.7 Å². The summed E-state index contributed by atoms with van der Waals surface area (Å²) in [7, 11) is -3.63. The van der Waals surface area contributed by atoms with Crippen LogP contribution in [0, 0.1) is 6.92 Å². The van der Waals surface area contributed by atoms with Crippen molar-refractivity contribution in [3.8, 4) is 11.1 Å². The molecule has 1 heterocycles. The van der Waals surface area contributed by atoms with Crippen LogP contribution in [0.15, 0.2) is 114 Å². The van der Waals surface area contributed by atoms with Crippen LogP contribution in [0.4, 0.5) is 0 Å². The second-order valence-corrected chi connectivity index (χ2v) is 11.8. The highest BCUT2D eigenvalue weighted by molar-refractivity contribution is 7.89. The Morgan fingerprint density at radius 2 is 1.30 bits per heavy atom. The van der Waals surface area contributed by atoms with E-state index in [0.29, 0.717) is 18.0 Å². The zero-order valence-corrected chi connectivity index (χ0v) is 21.3. The monoisotopic (exact) mass is 499 g/mol. The molecular formula is C33H25NO2S. The predicted molar refractivity (Wildman–Crippen MR) is 152 cm³/mol. The van der Waals surface area contributed by atoms with Crippen molar-refractivity contribution in [3.05, 3.63) is 126 Å². The number of aryl methyl sites for hydroxylation is 1. The van der Waals surface area contributed by atoms with Gasteiger partial charge in [0.25, 0.3) is 0 Å². The van der Waals surface area contributed by atoms with Crippen LogP contribution in [0.1, 0.15) is 16.7 Å². The van der Waals surface area contributed by atoms with E-state index in [-0.39, 0.29) is 0 Å². The van der Waals surface area contributed by atoms with Gasteiger partial charge in [0.1, 0.15) is 0 Å². The minimum atomic E-state index is -3.63. The maximum absolute atomic E-state index is 13.7. The van der Waals surface area contributed by atoms with Crippen molar-refractivity contribution < 1.29 is 8.42 Å². The van der Waals surface area contributed by atoms with Gasteiger partial charge in [0.15, 0.2) is 0 Å². The lowest BCUT2D eigenvalue weighted by Crippen LogP contribution is -2.25. The summed E-state index contributed by atoms with van der Waals surface area (Å²) in [5, 5.41) is 7.03. The van der Waals surface area contributed by atoms with E-state index in [4.69, 9.17) is 0 Å². The van der Waals surface area contributed by atoms with Crippen LogP contribution in [-0.2, 0) is 23.1 Å². The van der Waals surface area contributed by atoms with Crippen LogP contribution in [0.25, 0.3) is 43.4 Å². The van der Waals surface area contributed by atoms with Crippen molar-refractivity contribution >= 4 is 42.3 Å². The maximum Gasteiger partial charge on any atom is 0.243 e. The molecule has 6 aromatic carbocycles. The highest BCUT2D eigenvalue weighted by Crippen LogP contribution is 2.44. The molecule has 0 saturated carbocycles. The van der Waals surface area contributed by atoms with Crippen molar-refractivity contribution in [3.63, 3.8) is 0 Å². The number of hydrogen-bond acceptors (Lipinski definition) is 2. The Bertz CT molecular complexity index is 1950. The smallest absolute Gasteiger partial charge is 0.207 e. The average Bonchev–Trinajstić information content (AvgIpc) is 3.36. The molecule has 1 aliphatic rings. The molecular weight excluding hydrogens is 474 g/mol. The second kappa shape index (κ2) is 8.27. The SMILES string of the molecule is Cc1ccc(S(=O)(=O)N2Cc3cc4c(ccc5ccccc54)c(-c4cccc5ccccc45)c3C2)cc1. The fourth-order valence-corrected chi connectivity index (χ4v) is 7.16. The van der Waals surface area contributed by atoms with Gasteiger partial charge in [-0.25, -0.2) is 8.42 Å². The number of rotatable bonds is 3. The fraction of sp³-hybridized carbons (Fsp3) is 0.0909. The van der Waals surface area contributed by atoms with E-state index in [1.807, 2.05) is 19.1 Å². The van der Waals surface area contributed by atoms with Crippen molar-refractivity contribution in [2.75, 3.05) is 0 Å². The Labute approximate surface area is 216 Å². The summed E-state index contributed by atoms with van der Waals surface area (Å²) in [5.74, 6) is 0. The molecule has 0 atom stereocenters. The lowest BCUT2D eigenvalue weighted by molar-refractivity contribution is 0.432. The summed E-state index contributed by atoms with van der Waals surface area (Å²) < 4.78 is 29.0. The molecule has 0 aliphatic carbocycles. The molecule has 0 aromatic heterocycles. The van der Waals surface area contributed by atoms with E-state index >= 15 is 0 Å². The summed E-state index contributed by atoms with van der Waals surface area (Å²) in [6, 6.07) is 37.0. The Morgan fingerprint density at radius 1 is 0.622 bits per heavy atom. The van der Waals surface area contributed by atoms with Gasteiger partial charge in [-0.05, 0) is 79.7 Å². The summed E-state index contributed by atoms with van der Waals surface area (Å²) in [4.78, 5) is 0.340. The van der Waals surface area contributed by atoms with Gasteiger partial charge in [-0.3, -0.25) is 0 Å². The van der Waals surface area contributed by atoms with Crippen molar-refractivity contribution in [1.82, 2.24) is 4.31 Å². The third-order valence-corrected chi connectivity index (χ3v) is 9.45. The zero-order chi connectivity index (χ0) is 25.1. The molecule has 0 amide bonds. The molecule has 3 nitrogen and oxygen atoms in total. The Morgan fingerprint density at radius 3 is 2.08 bits per heavy atom. The number of fused-ring (bicyclic) bond motifs is 5. The molecule has 0 N–H and O–H groups in total.